The van der Waals surface area contributed by atoms with Crippen molar-refractivity contribution in [2.45, 2.75) is 83.5 Å². The summed E-state index contributed by atoms with van der Waals surface area (Å²) in [5.41, 5.74) is 3.43. The number of aliphatic hydroxyl groups excluding tert-OH is 2. The Kier molecular flexibility index (Phi) is 7.82. The van der Waals surface area contributed by atoms with Gasteiger partial charge in [0, 0.05) is 20.5 Å². The number of hydrogen-bond donors (Lipinski definition) is 2. The maximum absolute atomic E-state index is 11.8. The van der Waals surface area contributed by atoms with Gasteiger partial charge in [-0.25, -0.2) is 0 Å². The van der Waals surface area contributed by atoms with E-state index in [0.29, 0.717) is 37.7 Å². The van der Waals surface area contributed by atoms with E-state index in [1.54, 1.807) is 19.0 Å². The molecule has 174 valence electrons. The van der Waals surface area contributed by atoms with Gasteiger partial charge in [-0.15, -0.1) is 0 Å². The molecule has 0 heterocycles. The monoisotopic (exact) mass is 431 g/mol. The van der Waals surface area contributed by atoms with Crippen molar-refractivity contribution in [2.75, 3.05) is 20.7 Å². The number of ether oxygens (including phenoxy) is 1. The molecule has 3 rings (SSSR count). The van der Waals surface area contributed by atoms with E-state index in [2.05, 4.69) is 32.6 Å². The average Bonchev–Trinajstić information content (AvgIpc) is 3.06. The summed E-state index contributed by atoms with van der Waals surface area (Å²) in [6, 6.07) is 0. The topological polar surface area (TPSA) is 70.0 Å². The first kappa shape index (κ1) is 24.2. The van der Waals surface area contributed by atoms with E-state index in [1.165, 1.54) is 24.8 Å². The quantitative estimate of drug-likeness (QED) is 0.667. The summed E-state index contributed by atoms with van der Waals surface area (Å²) in [4.78, 5) is 13.5. The number of carbonyl (C=O) groups is 1. The van der Waals surface area contributed by atoms with Gasteiger partial charge in [0.05, 0.1) is 31.3 Å². The molecule has 0 bridgehead atoms. The maximum atomic E-state index is 11.8. The highest BCUT2D eigenvalue weighted by Gasteiger charge is 2.51. The van der Waals surface area contributed by atoms with Crippen molar-refractivity contribution in [3.8, 4) is 0 Å². The summed E-state index contributed by atoms with van der Waals surface area (Å²) in [7, 11) is 3.56. The van der Waals surface area contributed by atoms with Crippen molar-refractivity contribution in [2.24, 2.45) is 17.3 Å². The zero-order valence-electron chi connectivity index (χ0n) is 19.8. The third kappa shape index (κ3) is 5.32. The zero-order chi connectivity index (χ0) is 22.8. The summed E-state index contributed by atoms with van der Waals surface area (Å²) in [5, 5.41) is 20.1. The fraction of sp³-hybridized carbons (Fsp3) is 0.731. The minimum absolute atomic E-state index is 0.109. The van der Waals surface area contributed by atoms with Gasteiger partial charge in [0.15, 0.2) is 0 Å². The van der Waals surface area contributed by atoms with Crippen molar-refractivity contribution in [1.29, 1.82) is 0 Å². The van der Waals surface area contributed by atoms with Crippen molar-refractivity contribution in [1.82, 2.24) is 4.90 Å². The van der Waals surface area contributed by atoms with Gasteiger partial charge in [-0.05, 0) is 73.8 Å². The first-order chi connectivity index (χ1) is 14.6. The highest BCUT2D eigenvalue weighted by atomic mass is 16.5. The molecule has 6 atom stereocenters. The second-order valence-corrected chi connectivity index (χ2v) is 10.3. The fourth-order valence-corrected chi connectivity index (χ4v) is 6.19. The van der Waals surface area contributed by atoms with Crippen LogP contribution >= 0.6 is 0 Å². The van der Waals surface area contributed by atoms with E-state index < -0.39 is 12.2 Å². The van der Waals surface area contributed by atoms with Gasteiger partial charge < -0.3 is 19.8 Å². The predicted octanol–water partition coefficient (Wildman–Crippen LogP) is 4.01. The molecule has 3 saturated carbocycles. The first-order valence-electron chi connectivity index (χ1n) is 11.9. The molecule has 0 unspecified atom stereocenters. The van der Waals surface area contributed by atoms with Crippen molar-refractivity contribution in [3.63, 3.8) is 0 Å². The number of rotatable bonds is 6. The minimum atomic E-state index is -0.641. The second-order valence-electron chi connectivity index (χ2n) is 10.3. The molecule has 5 nitrogen and oxygen atoms in total. The Morgan fingerprint density at radius 3 is 2.77 bits per heavy atom. The Morgan fingerprint density at radius 2 is 2.06 bits per heavy atom. The van der Waals surface area contributed by atoms with Crippen LogP contribution in [0.2, 0.25) is 0 Å². The van der Waals surface area contributed by atoms with Crippen LogP contribution in [0.3, 0.4) is 0 Å². The van der Waals surface area contributed by atoms with Gasteiger partial charge in [-0.3, -0.25) is 4.79 Å². The Labute approximate surface area is 187 Å². The van der Waals surface area contributed by atoms with Crippen LogP contribution in [0.25, 0.3) is 0 Å². The fourth-order valence-electron chi connectivity index (χ4n) is 6.19. The SMILES string of the molecule is C=C1C(=CC=C2CCC[C@]3(C)[C@@H]([C@@H](C)OCCC(=O)N(C)C)CC[C@@H]23)C[C@@H](O)C[C@@H]1O. The number of amides is 1. The van der Waals surface area contributed by atoms with Gasteiger partial charge in [-0.2, -0.15) is 0 Å². The van der Waals surface area contributed by atoms with Crippen LogP contribution in [-0.2, 0) is 9.53 Å². The third-order valence-corrected chi connectivity index (χ3v) is 8.06. The number of hydrogen-bond acceptors (Lipinski definition) is 4. The van der Waals surface area contributed by atoms with E-state index >= 15 is 0 Å². The third-order valence-electron chi connectivity index (χ3n) is 8.06. The molecule has 0 spiro atoms. The van der Waals surface area contributed by atoms with E-state index in [-0.39, 0.29) is 17.4 Å². The number of allylic oxidation sites excluding steroid dienone is 3. The number of nitrogens with zero attached hydrogens (tertiary/aromatic N) is 1. The van der Waals surface area contributed by atoms with Gasteiger partial charge in [0.2, 0.25) is 5.91 Å². The molecular weight excluding hydrogens is 390 g/mol. The first-order valence-corrected chi connectivity index (χ1v) is 11.9. The lowest BCUT2D eigenvalue weighted by Gasteiger charge is -2.44. The number of carbonyl (C=O) groups excluding carboxylic acids is 1. The van der Waals surface area contributed by atoms with Crippen molar-refractivity contribution < 1.29 is 19.7 Å². The normalized spacial score (nSPS) is 37.2. The van der Waals surface area contributed by atoms with Crippen LogP contribution in [0.4, 0.5) is 0 Å². The minimum Gasteiger partial charge on any atom is -0.393 e. The van der Waals surface area contributed by atoms with Crippen LogP contribution < -0.4 is 0 Å². The average molecular weight is 432 g/mol. The van der Waals surface area contributed by atoms with Crippen molar-refractivity contribution in [3.05, 3.63) is 35.5 Å². The molecule has 3 aliphatic rings. The molecular formula is C26H41NO4. The molecule has 3 fully saturated rings. The molecule has 0 saturated heterocycles. The highest BCUT2D eigenvalue weighted by molar-refractivity contribution is 5.75. The summed E-state index contributed by atoms with van der Waals surface area (Å²) < 4.78 is 6.14. The van der Waals surface area contributed by atoms with Gasteiger partial charge in [0.1, 0.15) is 0 Å². The second kappa shape index (κ2) is 10.0. The zero-order valence-corrected chi connectivity index (χ0v) is 19.8. The lowest BCUT2D eigenvalue weighted by molar-refractivity contribution is -0.130. The summed E-state index contributed by atoms with van der Waals surface area (Å²) >= 11 is 0. The summed E-state index contributed by atoms with van der Waals surface area (Å²) in [6.45, 7) is 9.12. The standard InChI is InChI=1S/C26H41NO4/c1-17-20(15-21(28)16-24(17)29)9-8-19-7-6-13-26(3)22(10-11-23(19)26)18(2)31-14-12-25(30)27(4)5/h8-9,18,21-24,28-29H,1,6-7,10-16H2,2-5H3/t18-,21-,22-,23+,24+,26-/m1/s1. The lowest BCUT2D eigenvalue weighted by Crippen LogP contribution is -2.39. The van der Waals surface area contributed by atoms with Crippen LogP contribution in [0, 0.1) is 17.3 Å². The molecule has 1 amide bonds. The predicted molar refractivity (Wildman–Crippen MR) is 123 cm³/mol. The molecule has 5 heteroatoms. The van der Waals surface area contributed by atoms with E-state index in [9.17, 15) is 15.0 Å². The highest BCUT2D eigenvalue weighted by Crippen LogP contribution is 2.58. The molecule has 0 aliphatic heterocycles. The van der Waals surface area contributed by atoms with E-state index in [4.69, 9.17) is 4.74 Å². The smallest absolute Gasteiger partial charge is 0.224 e. The Balaban J connectivity index is 1.68. The Bertz CT molecular complexity index is 740. The molecule has 0 aromatic heterocycles. The Morgan fingerprint density at radius 1 is 1.32 bits per heavy atom. The van der Waals surface area contributed by atoms with E-state index in [0.717, 1.165) is 24.0 Å². The maximum Gasteiger partial charge on any atom is 0.224 e. The molecule has 0 aromatic carbocycles. The van der Waals surface area contributed by atoms with Crippen LogP contribution in [0.1, 0.15) is 65.2 Å². The van der Waals surface area contributed by atoms with Crippen LogP contribution in [0.15, 0.2) is 35.5 Å². The molecule has 0 aromatic rings. The largest absolute Gasteiger partial charge is 0.393 e. The van der Waals surface area contributed by atoms with Gasteiger partial charge >= 0.3 is 0 Å². The number of aliphatic hydroxyl groups is 2. The van der Waals surface area contributed by atoms with Crippen molar-refractivity contribution >= 4 is 5.91 Å². The van der Waals surface area contributed by atoms with Gasteiger partial charge in [-0.1, -0.05) is 31.2 Å². The van der Waals surface area contributed by atoms with Gasteiger partial charge in [0.25, 0.3) is 0 Å². The molecule has 31 heavy (non-hydrogen) atoms. The molecule has 2 N–H and O–H groups in total. The molecule has 0 radical (unpaired) electrons. The number of fused-ring (bicyclic) bond motifs is 1. The Hall–Kier alpha value is -1.43. The summed E-state index contributed by atoms with van der Waals surface area (Å²) in [5.74, 6) is 1.15. The van der Waals surface area contributed by atoms with E-state index in [1.807, 2.05) is 0 Å². The van der Waals surface area contributed by atoms with Crippen LogP contribution in [0.5, 0.6) is 0 Å². The molecule has 3 aliphatic carbocycles. The summed E-state index contributed by atoms with van der Waals surface area (Å²) in [6.07, 6.45) is 10.6. The van der Waals surface area contributed by atoms with Crippen LogP contribution in [-0.4, -0.2) is 60.0 Å². The lowest BCUT2D eigenvalue weighted by atomic mass is 9.62.